The highest BCUT2D eigenvalue weighted by Crippen LogP contribution is 2.45. The molecule has 0 aromatic carbocycles. The van der Waals surface area contributed by atoms with Gasteiger partial charge in [-0.25, -0.2) is 4.79 Å². The summed E-state index contributed by atoms with van der Waals surface area (Å²) in [5.74, 6) is 0.179. The molecule has 6 nitrogen and oxygen atoms in total. The molecule has 2 N–H and O–H groups in total. The lowest BCUT2D eigenvalue weighted by Gasteiger charge is -2.32. The number of anilines is 1. The SMILES string of the molecule is COC(=O)C(NC(=O)c1sc(Br)c2c1NCCO2)C1CCC1. The van der Waals surface area contributed by atoms with E-state index in [0.29, 0.717) is 29.5 Å². The van der Waals surface area contributed by atoms with Gasteiger partial charge in [-0.15, -0.1) is 11.3 Å². The molecular formula is C14H17BrN2O4S. The van der Waals surface area contributed by atoms with E-state index in [4.69, 9.17) is 9.47 Å². The third-order valence-corrected chi connectivity index (χ3v) is 5.85. The number of nitrogens with one attached hydrogen (secondary N) is 2. The van der Waals surface area contributed by atoms with Gasteiger partial charge in [0.05, 0.1) is 7.11 Å². The normalized spacial score (nSPS) is 18.3. The van der Waals surface area contributed by atoms with Crippen molar-refractivity contribution in [2.75, 3.05) is 25.6 Å². The standard InChI is InChI=1S/C14H17BrN2O4S/c1-20-14(19)8(7-3-2-4-7)17-13(18)11-9-10(12(15)22-11)21-6-5-16-9/h7-8,16H,2-6H2,1H3,(H,17,18). The highest BCUT2D eigenvalue weighted by molar-refractivity contribution is 9.11. The average Bonchev–Trinajstić information content (AvgIpc) is 2.82. The van der Waals surface area contributed by atoms with Gasteiger partial charge in [-0.2, -0.15) is 0 Å². The van der Waals surface area contributed by atoms with Crippen molar-refractivity contribution in [3.8, 4) is 5.75 Å². The van der Waals surface area contributed by atoms with E-state index in [9.17, 15) is 9.59 Å². The molecule has 1 saturated carbocycles. The number of fused-ring (bicyclic) bond motifs is 1. The van der Waals surface area contributed by atoms with Crippen molar-refractivity contribution >= 4 is 44.8 Å². The molecule has 3 rings (SSSR count). The number of rotatable bonds is 4. The smallest absolute Gasteiger partial charge is 0.328 e. The van der Waals surface area contributed by atoms with Crippen molar-refractivity contribution in [1.29, 1.82) is 0 Å². The first kappa shape index (κ1) is 15.6. The molecule has 0 radical (unpaired) electrons. The summed E-state index contributed by atoms with van der Waals surface area (Å²) in [4.78, 5) is 25.0. The minimum Gasteiger partial charge on any atom is -0.487 e. The van der Waals surface area contributed by atoms with E-state index >= 15 is 0 Å². The lowest BCUT2D eigenvalue weighted by Crippen LogP contribution is -2.48. The Kier molecular flexibility index (Phi) is 4.58. The first-order chi connectivity index (χ1) is 10.6. The van der Waals surface area contributed by atoms with Gasteiger partial charge in [0.1, 0.15) is 27.0 Å². The molecule has 1 amide bonds. The van der Waals surface area contributed by atoms with Crippen molar-refractivity contribution in [2.24, 2.45) is 5.92 Å². The van der Waals surface area contributed by atoms with E-state index in [1.807, 2.05) is 0 Å². The summed E-state index contributed by atoms with van der Waals surface area (Å²) in [6, 6.07) is -0.577. The van der Waals surface area contributed by atoms with Gasteiger partial charge in [0.15, 0.2) is 5.75 Å². The molecular weight excluding hydrogens is 372 g/mol. The molecule has 1 atom stereocenters. The van der Waals surface area contributed by atoms with Crippen LogP contribution in [0.4, 0.5) is 5.69 Å². The summed E-state index contributed by atoms with van der Waals surface area (Å²) in [6.07, 6.45) is 2.96. The van der Waals surface area contributed by atoms with Crippen LogP contribution in [0.1, 0.15) is 28.9 Å². The third-order valence-electron chi connectivity index (χ3n) is 4.04. The second kappa shape index (κ2) is 6.45. The van der Waals surface area contributed by atoms with Crippen LogP contribution < -0.4 is 15.4 Å². The molecule has 1 fully saturated rings. The summed E-state index contributed by atoms with van der Waals surface area (Å²) in [5, 5.41) is 6.01. The predicted molar refractivity (Wildman–Crippen MR) is 86.6 cm³/mol. The number of thiophene rings is 1. The Bertz CT molecular complexity index is 600. The minimum atomic E-state index is -0.577. The van der Waals surface area contributed by atoms with Gasteiger partial charge in [-0.3, -0.25) is 4.79 Å². The summed E-state index contributed by atoms with van der Waals surface area (Å²) in [7, 11) is 1.35. The minimum absolute atomic E-state index is 0.167. The zero-order valence-electron chi connectivity index (χ0n) is 12.1. The zero-order chi connectivity index (χ0) is 15.7. The highest BCUT2D eigenvalue weighted by atomic mass is 79.9. The molecule has 1 aliphatic carbocycles. The van der Waals surface area contributed by atoms with Crippen LogP contribution in [-0.4, -0.2) is 38.2 Å². The lowest BCUT2D eigenvalue weighted by molar-refractivity contribution is -0.145. The summed E-state index contributed by atoms with van der Waals surface area (Å²) in [5.41, 5.74) is 0.692. The topological polar surface area (TPSA) is 76.7 Å². The Hall–Kier alpha value is -1.28. The zero-order valence-corrected chi connectivity index (χ0v) is 14.5. The molecule has 120 valence electrons. The van der Waals surface area contributed by atoms with Crippen LogP contribution in [0.3, 0.4) is 0 Å². The quantitative estimate of drug-likeness (QED) is 0.774. The fourth-order valence-electron chi connectivity index (χ4n) is 2.64. The summed E-state index contributed by atoms with van der Waals surface area (Å²) in [6.45, 7) is 1.22. The van der Waals surface area contributed by atoms with Crippen molar-refractivity contribution in [3.63, 3.8) is 0 Å². The van der Waals surface area contributed by atoms with Crippen LogP contribution in [0.25, 0.3) is 0 Å². The second-order valence-electron chi connectivity index (χ2n) is 5.35. The number of carbonyl (C=O) groups excluding carboxylic acids is 2. The van der Waals surface area contributed by atoms with Crippen LogP contribution in [0.2, 0.25) is 0 Å². The molecule has 0 saturated heterocycles. The number of hydrogen-bond donors (Lipinski definition) is 2. The molecule has 8 heteroatoms. The van der Waals surface area contributed by atoms with Gasteiger partial charge < -0.3 is 20.1 Å². The fraction of sp³-hybridized carbons (Fsp3) is 0.571. The van der Waals surface area contributed by atoms with Crippen molar-refractivity contribution < 1.29 is 19.1 Å². The van der Waals surface area contributed by atoms with E-state index in [0.717, 1.165) is 23.0 Å². The highest BCUT2D eigenvalue weighted by Gasteiger charge is 2.36. The number of methoxy groups -OCH3 is 1. The predicted octanol–water partition coefficient (Wildman–Crippen LogP) is 2.39. The fourth-order valence-corrected chi connectivity index (χ4v) is 4.29. The van der Waals surface area contributed by atoms with Gasteiger partial charge in [-0.1, -0.05) is 6.42 Å². The maximum atomic E-state index is 12.6. The molecule has 1 unspecified atom stereocenters. The van der Waals surface area contributed by atoms with Crippen molar-refractivity contribution in [1.82, 2.24) is 5.32 Å². The molecule has 0 bridgehead atoms. The number of ether oxygens (including phenoxy) is 2. The van der Waals surface area contributed by atoms with Gasteiger partial charge in [0.25, 0.3) is 5.91 Å². The van der Waals surface area contributed by atoms with E-state index < -0.39 is 6.04 Å². The summed E-state index contributed by atoms with van der Waals surface area (Å²) >= 11 is 4.72. The largest absolute Gasteiger partial charge is 0.487 e. The number of amides is 1. The average molecular weight is 389 g/mol. The van der Waals surface area contributed by atoms with Crippen LogP contribution in [-0.2, 0) is 9.53 Å². The van der Waals surface area contributed by atoms with Crippen LogP contribution in [0, 0.1) is 5.92 Å². The number of hydrogen-bond acceptors (Lipinski definition) is 6. The van der Waals surface area contributed by atoms with E-state index in [2.05, 4.69) is 26.6 Å². The van der Waals surface area contributed by atoms with E-state index in [1.165, 1.54) is 18.4 Å². The monoisotopic (exact) mass is 388 g/mol. The van der Waals surface area contributed by atoms with Crippen LogP contribution >= 0.6 is 27.3 Å². The lowest BCUT2D eigenvalue weighted by atomic mass is 9.79. The Balaban J connectivity index is 1.79. The summed E-state index contributed by atoms with van der Waals surface area (Å²) < 4.78 is 11.2. The third kappa shape index (κ3) is 2.81. The second-order valence-corrected chi connectivity index (χ2v) is 7.69. The van der Waals surface area contributed by atoms with Gasteiger partial charge in [0.2, 0.25) is 0 Å². The van der Waals surface area contributed by atoms with Crippen molar-refractivity contribution in [2.45, 2.75) is 25.3 Å². The Morgan fingerprint density at radius 2 is 2.27 bits per heavy atom. The van der Waals surface area contributed by atoms with E-state index in [-0.39, 0.29) is 17.8 Å². The molecule has 1 aromatic rings. The number of carbonyl (C=O) groups is 2. The molecule has 1 aliphatic heterocycles. The molecule has 2 aliphatic rings. The Labute approximate surface area is 140 Å². The Morgan fingerprint density at radius 1 is 1.50 bits per heavy atom. The maximum Gasteiger partial charge on any atom is 0.328 e. The first-order valence-corrected chi connectivity index (χ1v) is 8.80. The first-order valence-electron chi connectivity index (χ1n) is 7.19. The van der Waals surface area contributed by atoms with Crippen LogP contribution in [0.15, 0.2) is 3.79 Å². The molecule has 1 aromatic heterocycles. The number of esters is 1. The van der Waals surface area contributed by atoms with Gasteiger partial charge in [-0.05, 0) is 34.7 Å². The van der Waals surface area contributed by atoms with Gasteiger partial charge >= 0.3 is 5.97 Å². The number of halogens is 1. The maximum absolute atomic E-state index is 12.6. The molecule has 0 spiro atoms. The van der Waals surface area contributed by atoms with E-state index in [1.54, 1.807) is 0 Å². The van der Waals surface area contributed by atoms with Crippen molar-refractivity contribution in [3.05, 3.63) is 8.66 Å². The molecule has 2 heterocycles. The Morgan fingerprint density at radius 3 is 2.91 bits per heavy atom. The molecule has 22 heavy (non-hydrogen) atoms. The van der Waals surface area contributed by atoms with Gasteiger partial charge in [0, 0.05) is 6.54 Å². The van der Waals surface area contributed by atoms with Crippen LogP contribution in [0.5, 0.6) is 5.75 Å².